The molecule has 2 aromatic carbocycles. The van der Waals surface area contributed by atoms with Gasteiger partial charge >= 0.3 is 0 Å². The van der Waals surface area contributed by atoms with E-state index in [9.17, 15) is 4.79 Å². The largest absolute Gasteiger partial charge is 0.496 e. The molecule has 2 aromatic rings. The summed E-state index contributed by atoms with van der Waals surface area (Å²) in [5, 5.41) is 0.662. The first-order valence-electron chi connectivity index (χ1n) is 10.3. The summed E-state index contributed by atoms with van der Waals surface area (Å²) in [6, 6.07) is 10.7. The predicted octanol–water partition coefficient (Wildman–Crippen LogP) is 4.04. The van der Waals surface area contributed by atoms with E-state index >= 15 is 0 Å². The summed E-state index contributed by atoms with van der Waals surface area (Å²) in [5.41, 5.74) is 0.109. The van der Waals surface area contributed by atoms with E-state index in [-0.39, 0.29) is 31.0 Å². The fourth-order valence-electron chi connectivity index (χ4n) is 2.92. The molecule has 0 aromatic heterocycles. The van der Waals surface area contributed by atoms with Crippen LogP contribution in [0, 0.1) is 0 Å². The van der Waals surface area contributed by atoms with Crippen LogP contribution in [-0.2, 0) is 9.26 Å². The number of benzene rings is 2. The van der Waals surface area contributed by atoms with Gasteiger partial charge in [0.25, 0.3) is 0 Å². The van der Waals surface area contributed by atoms with Gasteiger partial charge in [0.2, 0.25) is 5.52 Å². The molecule has 0 aliphatic heterocycles. The molecule has 0 saturated heterocycles. The van der Waals surface area contributed by atoms with Crippen molar-refractivity contribution in [2.24, 2.45) is 0 Å². The molecule has 0 aliphatic rings. The molecule has 1 radical (unpaired) electrons. The number of methoxy groups -OCH3 is 2. The molecule has 0 fully saturated rings. The molecule has 0 aliphatic carbocycles. The molecule has 1 atom stereocenters. The molecule has 171 valence electrons. The molecule has 0 amide bonds. The van der Waals surface area contributed by atoms with Gasteiger partial charge in [-0.1, -0.05) is 6.07 Å². The van der Waals surface area contributed by atoms with Gasteiger partial charge in [0.05, 0.1) is 46.0 Å². The number of rotatable bonds is 14. The maximum absolute atomic E-state index is 13.8. The minimum Gasteiger partial charge on any atom is -0.496 e. The van der Waals surface area contributed by atoms with Crippen LogP contribution in [0.25, 0.3) is 0 Å². The van der Waals surface area contributed by atoms with Crippen molar-refractivity contribution in [2.75, 3.05) is 47.3 Å². The third kappa shape index (κ3) is 7.40. The smallest absolute Gasteiger partial charge is 0.223 e. The number of carbonyl (C=O) groups is 1. The van der Waals surface area contributed by atoms with E-state index in [1.165, 1.54) is 14.2 Å². The van der Waals surface area contributed by atoms with Gasteiger partial charge in [-0.2, -0.15) is 0 Å². The topological polar surface area (TPSA) is 72.5 Å². The van der Waals surface area contributed by atoms with Crippen molar-refractivity contribution in [2.45, 2.75) is 20.8 Å². The van der Waals surface area contributed by atoms with E-state index in [0.29, 0.717) is 60.3 Å². The van der Waals surface area contributed by atoms with Crippen LogP contribution in [0.5, 0.6) is 23.0 Å². The molecule has 2 rings (SSSR count). The van der Waals surface area contributed by atoms with Gasteiger partial charge in [-0.05, 0) is 45.0 Å². The molecule has 9 heteroatoms. The second kappa shape index (κ2) is 15.2. The zero-order valence-electron chi connectivity index (χ0n) is 19.8. The van der Waals surface area contributed by atoms with E-state index in [2.05, 4.69) is 0 Å². The van der Waals surface area contributed by atoms with Crippen molar-refractivity contribution in [1.82, 2.24) is 0 Å². The van der Waals surface area contributed by atoms with Crippen LogP contribution >= 0.6 is 8.15 Å². The number of hydrogen-bond acceptors (Lipinski definition) is 7. The minimum absolute atomic E-state index is 0. The molecule has 0 spiro atoms. The molecule has 1 unspecified atom stereocenters. The van der Waals surface area contributed by atoms with Crippen LogP contribution in [0.3, 0.4) is 0 Å². The van der Waals surface area contributed by atoms with Crippen LogP contribution in [0.2, 0.25) is 0 Å². The molecule has 0 saturated carbocycles. The Bertz CT molecular complexity index is 825. The third-order valence-electron chi connectivity index (χ3n) is 4.24. The monoisotopic (exact) mass is 457 g/mol. The van der Waals surface area contributed by atoms with Gasteiger partial charge in [0.1, 0.15) is 36.7 Å². The van der Waals surface area contributed by atoms with E-state index in [0.717, 1.165) is 0 Å². The summed E-state index contributed by atoms with van der Waals surface area (Å²) < 4.78 is 33.8. The standard InChI is InChI=1S/C23H31O7P.Li/c1-6-27-14-15-30-31(21-13-12-17(28-7-2)16-20(21)29-8-3)23(24)22-18(25-4)10-9-11-19(22)26-5;/h9-13,16H,6-8,14-15H2,1-5H3;. The van der Waals surface area contributed by atoms with Crippen molar-refractivity contribution in [3.05, 3.63) is 42.0 Å². The molecule has 7 nitrogen and oxygen atoms in total. The molecule has 32 heavy (non-hydrogen) atoms. The first kappa shape index (κ1) is 28.3. The van der Waals surface area contributed by atoms with Crippen LogP contribution in [0.15, 0.2) is 36.4 Å². The van der Waals surface area contributed by atoms with Crippen LogP contribution < -0.4 is 24.3 Å². The van der Waals surface area contributed by atoms with Crippen LogP contribution in [0.4, 0.5) is 0 Å². The average molecular weight is 457 g/mol. The Morgan fingerprint density at radius 3 is 2.06 bits per heavy atom. The van der Waals surface area contributed by atoms with Crippen molar-refractivity contribution in [1.29, 1.82) is 0 Å². The molecule has 0 bridgehead atoms. The van der Waals surface area contributed by atoms with E-state index in [4.69, 9.17) is 28.2 Å². The molecule has 0 heterocycles. The fraction of sp³-hybridized carbons (Fsp3) is 0.435. The van der Waals surface area contributed by atoms with E-state index in [1.807, 2.05) is 32.9 Å². The summed E-state index contributed by atoms with van der Waals surface area (Å²) in [7, 11) is 1.27. The zero-order chi connectivity index (χ0) is 22.6. The van der Waals surface area contributed by atoms with E-state index in [1.54, 1.807) is 24.3 Å². The summed E-state index contributed by atoms with van der Waals surface area (Å²) in [4.78, 5) is 13.8. The van der Waals surface area contributed by atoms with Crippen molar-refractivity contribution >= 4 is 37.8 Å². The Hall–Kier alpha value is -1.74. The summed E-state index contributed by atoms with van der Waals surface area (Å²) in [5.74, 6) is 2.07. The average Bonchev–Trinajstić information content (AvgIpc) is 2.79. The minimum atomic E-state index is -1.77. The SMILES string of the molecule is CCOCCOP(C(=O)c1c(OC)cccc1OC)c1ccc(OCC)cc1OCC.[Li]. The number of ether oxygens (including phenoxy) is 5. The van der Waals surface area contributed by atoms with Crippen molar-refractivity contribution < 1.29 is 33.0 Å². The van der Waals surface area contributed by atoms with Gasteiger partial charge in [-0.15, -0.1) is 0 Å². The van der Waals surface area contributed by atoms with Crippen LogP contribution in [-0.4, -0.2) is 71.6 Å². The fourth-order valence-corrected chi connectivity index (χ4v) is 4.62. The Kier molecular flexibility index (Phi) is 13.4. The van der Waals surface area contributed by atoms with Gasteiger partial charge in [0.15, 0.2) is 0 Å². The zero-order valence-corrected chi connectivity index (χ0v) is 20.7. The van der Waals surface area contributed by atoms with Crippen molar-refractivity contribution in [3.63, 3.8) is 0 Å². The first-order chi connectivity index (χ1) is 15.1. The molecule has 0 N–H and O–H groups in total. The summed E-state index contributed by atoms with van der Waals surface area (Å²) >= 11 is 0. The third-order valence-corrected chi connectivity index (χ3v) is 6.08. The van der Waals surface area contributed by atoms with E-state index < -0.39 is 8.15 Å². The maximum atomic E-state index is 13.8. The van der Waals surface area contributed by atoms with Gasteiger partial charge in [0, 0.05) is 31.5 Å². The number of carbonyl (C=O) groups excluding carboxylic acids is 1. The van der Waals surface area contributed by atoms with Gasteiger partial charge in [-0.3, -0.25) is 4.79 Å². The molecular weight excluding hydrogens is 426 g/mol. The second-order valence-electron chi connectivity index (χ2n) is 6.16. The first-order valence-corrected chi connectivity index (χ1v) is 11.5. The normalized spacial score (nSPS) is 11.3. The van der Waals surface area contributed by atoms with Gasteiger partial charge in [-0.25, -0.2) is 0 Å². The summed E-state index contributed by atoms with van der Waals surface area (Å²) in [6.45, 7) is 7.90. The van der Waals surface area contributed by atoms with Crippen LogP contribution in [0.1, 0.15) is 31.1 Å². The Morgan fingerprint density at radius 2 is 1.50 bits per heavy atom. The quantitative estimate of drug-likeness (QED) is 0.241. The molecular formula is C23H31LiO7P. The Balaban J connectivity index is 0.00000512. The second-order valence-corrected chi connectivity index (χ2v) is 7.90. The Morgan fingerprint density at radius 1 is 0.844 bits per heavy atom. The number of hydrogen-bond donors (Lipinski definition) is 0. The van der Waals surface area contributed by atoms with Gasteiger partial charge < -0.3 is 28.2 Å². The summed E-state index contributed by atoms with van der Waals surface area (Å²) in [6.07, 6.45) is 0. The predicted molar refractivity (Wildman–Crippen MR) is 127 cm³/mol. The maximum Gasteiger partial charge on any atom is 0.223 e. The Labute approximate surface area is 203 Å². The van der Waals surface area contributed by atoms with Crippen molar-refractivity contribution in [3.8, 4) is 23.0 Å².